The minimum absolute atomic E-state index is 0.0600. The predicted octanol–water partition coefficient (Wildman–Crippen LogP) is 0.444. The Kier molecular flexibility index (Phi) is 3.68. The molecule has 1 aromatic rings. The number of rotatable bonds is 2. The molecule has 0 saturated carbocycles. The third-order valence-corrected chi connectivity index (χ3v) is 5.75. The lowest BCUT2D eigenvalue weighted by atomic mass is 10.2. The van der Waals surface area contributed by atoms with Crippen LogP contribution in [0.1, 0.15) is 13.8 Å². The summed E-state index contributed by atoms with van der Waals surface area (Å²) in [5.74, 6) is 0. The van der Waals surface area contributed by atoms with E-state index in [2.05, 4.69) is 10.4 Å². The Labute approximate surface area is 112 Å². The van der Waals surface area contributed by atoms with Crippen LogP contribution in [-0.4, -0.2) is 47.7 Å². The maximum absolute atomic E-state index is 12.7. The molecule has 1 aliphatic rings. The van der Waals surface area contributed by atoms with Crippen molar-refractivity contribution in [1.82, 2.24) is 19.4 Å². The molecule has 0 bridgehead atoms. The monoisotopic (exact) mass is 292 g/mol. The van der Waals surface area contributed by atoms with Crippen molar-refractivity contribution in [1.29, 1.82) is 0 Å². The van der Waals surface area contributed by atoms with Gasteiger partial charge in [-0.25, -0.2) is 8.42 Å². The van der Waals surface area contributed by atoms with Gasteiger partial charge in [0.15, 0.2) is 5.03 Å². The van der Waals surface area contributed by atoms with E-state index < -0.39 is 10.0 Å². The smallest absolute Gasteiger partial charge is 0.262 e. The number of nitrogens with zero attached hydrogens (tertiary/aromatic N) is 3. The van der Waals surface area contributed by atoms with Crippen molar-refractivity contribution < 1.29 is 8.42 Å². The molecular formula is C10H17ClN4O2S. The van der Waals surface area contributed by atoms with Gasteiger partial charge in [-0.2, -0.15) is 9.40 Å². The molecule has 0 aromatic carbocycles. The van der Waals surface area contributed by atoms with E-state index in [0.29, 0.717) is 13.1 Å². The third kappa shape index (κ3) is 2.16. The summed E-state index contributed by atoms with van der Waals surface area (Å²) in [5.41, 5.74) is 0. The first kappa shape index (κ1) is 13.8. The van der Waals surface area contributed by atoms with Gasteiger partial charge in [-0.1, -0.05) is 11.6 Å². The van der Waals surface area contributed by atoms with Gasteiger partial charge in [0.05, 0.1) is 11.2 Å². The lowest BCUT2D eigenvalue weighted by molar-refractivity contribution is 0.218. The van der Waals surface area contributed by atoms with Gasteiger partial charge in [-0.3, -0.25) is 4.68 Å². The van der Waals surface area contributed by atoms with Crippen molar-refractivity contribution in [2.24, 2.45) is 7.05 Å². The van der Waals surface area contributed by atoms with Gasteiger partial charge in [-0.05, 0) is 13.8 Å². The fraction of sp³-hybridized carbons (Fsp3) is 0.700. The Bertz CT molecular complexity index is 513. The van der Waals surface area contributed by atoms with Crippen molar-refractivity contribution in [2.75, 3.05) is 13.1 Å². The largest absolute Gasteiger partial charge is 0.314 e. The highest BCUT2D eigenvalue weighted by atomic mass is 35.5. The maximum Gasteiger partial charge on any atom is 0.262 e. The molecule has 2 rings (SSSR count). The second kappa shape index (κ2) is 4.80. The summed E-state index contributed by atoms with van der Waals surface area (Å²) in [5, 5.41) is 7.31. The summed E-state index contributed by atoms with van der Waals surface area (Å²) in [4.78, 5) is 0. The van der Waals surface area contributed by atoms with E-state index in [9.17, 15) is 8.42 Å². The van der Waals surface area contributed by atoms with Crippen LogP contribution < -0.4 is 5.32 Å². The van der Waals surface area contributed by atoms with Crippen molar-refractivity contribution in [2.45, 2.75) is 31.0 Å². The first-order valence-electron chi connectivity index (χ1n) is 5.77. The summed E-state index contributed by atoms with van der Waals surface area (Å²) >= 11 is 5.94. The SMILES string of the molecule is CC1CNCC(C)N1S(=O)(=O)c1c(Cl)cnn1C. The molecular weight excluding hydrogens is 276 g/mol. The molecule has 1 fully saturated rings. The molecule has 1 saturated heterocycles. The fourth-order valence-corrected chi connectivity index (χ4v) is 4.81. The van der Waals surface area contributed by atoms with E-state index >= 15 is 0 Å². The Morgan fingerprint density at radius 3 is 2.39 bits per heavy atom. The summed E-state index contributed by atoms with van der Waals surface area (Å²) in [6.07, 6.45) is 1.35. The van der Waals surface area contributed by atoms with Crippen LogP contribution in [0.2, 0.25) is 5.02 Å². The van der Waals surface area contributed by atoms with Crippen LogP contribution in [0.25, 0.3) is 0 Å². The maximum atomic E-state index is 12.7. The fourth-order valence-electron chi connectivity index (χ4n) is 2.38. The number of piperazine rings is 1. The molecule has 0 spiro atoms. The molecule has 2 unspecified atom stereocenters. The standard InChI is InChI=1S/C10H17ClN4O2S/c1-7-4-12-5-8(2)15(7)18(16,17)10-9(11)6-13-14(10)3/h6-8,12H,4-5H2,1-3H3. The van der Waals surface area contributed by atoms with Crippen LogP contribution in [0, 0.1) is 0 Å². The molecule has 0 radical (unpaired) electrons. The number of aromatic nitrogens is 2. The van der Waals surface area contributed by atoms with Crippen molar-refractivity contribution >= 4 is 21.6 Å². The van der Waals surface area contributed by atoms with Gasteiger partial charge in [-0.15, -0.1) is 0 Å². The van der Waals surface area contributed by atoms with Crippen LogP contribution in [-0.2, 0) is 17.1 Å². The van der Waals surface area contributed by atoms with Crippen LogP contribution in [0.3, 0.4) is 0 Å². The number of hydrogen-bond donors (Lipinski definition) is 1. The van der Waals surface area contributed by atoms with Crippen LogP contribution in [0.5, 0.6) is 0 Å². The van der Waals surface area contributed by atoms with Crippen LogP contribution in [0.15, 0.2) is 11.2 Å². The highest BCUT2D eigenvalue weighted by Crippen LogP contribution is 2.27. The number of halogens is 1. The number of hydrogen-bond acceptors (Lipinski definition) is 4. The Hall–Kier alpha value is -0.630. The molecule has 0 amide bonds. The van der Waals surface area contributed by atoms with Crippen LogP contribution in [0.4, 0.5) is 0 Å². The molecule has 2 heterocycles. The number of nitrogens with one attached hydrogen (secondary N) is 1. The van der Waals surface area contributed by atoms with Crippen molar-refractivity contribution in [3.05, 3.63) is 11.2 Å². The Morgan fingerprint density at radius 2 is 1.94 bits per heavy atom. The minimum atomic E-state index is -3.62. The number of sulfonamides is 1. The average molecular weight is 293 g/mol. The lowest BCUT2D eigenvalue weighted by Crippen LogP contribution is -2.57. The van der Waals surface area contributed by atoms with Gasteiger partial charge in [0.1, 0.15) is 0 Å². The lowest BCUT2D eigenvalue weighted by Gasteiger charge is -2.38. The molecule has 1 aliphatic heterocycles. The van der Waals surface area contributed by atoms with Crippen molar-refractivity contribution in [3.63, 3.8) is 0 Å². The summed E-state index contributed by atoms with van der Waals surface area (Å²) in [6.45, 7) is 5.03. The topological polar surface area (TPSA) is 67.2 Å². The zero-order valence-electron chi connectivity index (χ0n) is 10.6. The summed E-state index contributed by atoms with van der Waals surface area (Å²) < 4.78 is 28.1. The second-order valence-electron chi connectivity index (χ2n) is 4.61. The van der Waals surface area contributed by atoms with E-state index in [1.807, 2.05) is 13.8 Å². The zero-order chi connectivity index (χ0) is 13.5. The second-order valence-corrected chi connectivity index (χ2v) is 6.78. The molecule has 18 heavy (non-hydrogen) atoms. The average Bonchev–Trinajstić information content (AvgIpc) is 2.58. The van der Waals surface area contributed by atoms with Crippen molar-refractivity contribution in [3.8, 4) is 0 Å². The molecule has 1 aromatic heterocycles. The number of aryl methyl sites for hydroxylation is 1. The quantitative estimate of drug-likeness (QED) is 0.859. The third-order valence-electron chi connectivity index (χ3n) is 3.11. The van der Waals surface area contributed by atoms with E-state index in [1.54, 1.807) is 7.05 Å². The Morgan fingerprint density at radius 1 is 1.39 bits per heavy atom. The first-order chi connectivity index (χ1) is 8.35. The van der Waals surface area contributed by atoms with E-state index in [-0.39, 0.29) is 22.1 Å². The molecule has 6 nitrogen and oxygen atoms in total. The van der Waals surface area contributed by atoms with E-state index in [4.69, 9.17) is 11.6 Å². The highest BCUT2D eigenvalue weighted by Gasteiger charge is 2.38. The van der Waals surface area contributed by atoms with Crippen LogP contribution >= 0.6 is 11.6 Å². The van der Waals surface area contributed by atoms with Gasteiger partial charge >= 0.3 is 0 Å². The predicted molar refractivity (Wildman–Crippen MR) is 69.0 cm³/mol. The summed E-state index contributed by atoms with van der Waals surface area (Å²) in [6, 6.07) is -0.213. The van der Waals surface area contributed by atoms with Gasteiger partial charge in [0, 0.05) is 32.2 Å². The van der Waals surface area contributed by atoms with Gasteiger partial charge in [0.25, 0.3) is 10.0 Å². The molecule has 102 valence electrons. The van der Waals surface area contributed by atoms with E-state index in [0.717, 1.165) is 0 Å². The highest BCUT2D eigenvalue weighted by molar-refractivity contribution is 7.89. The summed E-state index contributed by atoms with van der Waals surface area (Å²) in [7, 11) is -2.04. The van der Waals surface area contributed by atoms with Gasteiger partial charge < -0.3 is 5.32 Å². The van der Waals surface area contributed by atoms with E-state index in [1.165, 1.54) is 15.2 Å². The molecule has 2 atom stereocenters. The molecule has 0 aliphatic carbocycles. The molecule has 8 heteroatoms. The molecule has 1 N–H and O–H groups in total. The zero-order valence-corrected chi connectivity index (χ0v) is 12.2. The Balaban J connectivity index is 2.48. The normalized spacial score (nSPS) is 26.4. The first-order valence-corrected chi connectivity index (χ1v) is 7.59. The van der Waals surface area contributed by atoms with Gasteiger partial charge in [0.2, 0.25) is 0 Å². The minimum Gasteiger partial charge on any atom is -0.314 e.